The minimum atomic E-state index is -0.390. The molecule has 4 aromatic rings. The van der Waals surface area contributed by atoms with Gasteiger partial charge in [-0.1, -0.05) is 12.1 Å². The molecule has 0 bridgehead atoms. The number of nitrogens with zero attached hydrogens (tertiary/aromatic N) is 3. The van der Waals surface area contributed by atoms with E-state index in [9.17, 15) is 10.1 Å². The molecule has 0 saturated heterocycles. The molecule has 0 aliphatic rings. The molecule has 2 aromatic carbocycles. The quantitative estimate of drug-likeness (QED) is 0.236. The number of hydrogen-bond donors (Lipinski definition) is 1. The molecular weight excluding hydrogens is 463 g/mol. The van der Waals surface area contributed by atoms with Gasteiger partial charge in [-0.25, -0.2) is 9.97 Å². The number of nitrogens with one attached hydrogen (secondary N) is 1. The topological polar surface area (TPSA) is 81.0 Å². The smallest absolute Gasteiger partial charge is 0.270 e. The predicted octanol–water partition coefficient (Wildman–Crippen LogP) is 5.61. The summed E-state index contributed by atoms with van der Waals surface area (Å²) in [5.41, 5.74) is 2.63. The van der Waals surface area contributed by atoms with Crippen LogP contribution in [-0.4, -0.2) is 14.9 Å². The summed E-state index contributed by atoms with van der Waals surface area (Å²) in [6.07, 6.45) is 1.52. The van der Waals surface area contributed by atoms with Gasteiger partial charge in [0.2, 0.25) is 0 Å². The second kappa shape index (κ2) is 6.96. The van der Waals surface area contributed by atoms with E-state index in [1.54, 1.807) is 12.1 Å². The lowest BCUT2D eigenvalue weighted by molar-refractivity contribution is -0.384. The van der Waals surface area contributed by atoms with E-state index in [0.29, 0.717) is 5.82 Å². The number of rotatable bonds is 4. The van der Waals surface area contributed by atoms with Gasteiger partial charge in [-0.05, 0) is 52.4 Å². The van der Waals surface area contributed by atoms with Crippen LogP contribution in [0.5, 0.6) is 0 Å². The number of aromatic nitrogens is 2. The lowest BCUT2D eigenvalue weighted by atomic mass is 10.1. The number of anilines is 2. The van der Waals surface area contributed by atoms with E-state index in [-0.39, 0.29) is 10.6 Å². The summed E-state index contributed by atoms with van der Waals surface area (Å²) in [6.45, 7) is 0. The maximum Gasteiger partial charge on any atom is 0.270 e. The predicted molar refractivity (Wildman–Crippen MR) is 112 cm³/mol. The standard InChI is InChI=1S/C18H11IN4O2S/c19-12-4-6-13(7-5-12)22-17-16-15(9-26-18(16)21-10-20-17)11-2-1-3-14(8-11)23(24)25/h1-10H,(H,20,21,22). The molecule has 2 aromatic heterocycles. The first-order valence-corrected chi connectivity index (χ1v) is 9.57. The molecule has 0 atom stereocenters. The van der Waals surface area contributed by atoms with E-state index in [1.807, 2.05) is 35.7 Å². The molecule has 2 heterocycles. The van der Waals surface area contributed by atoms with Gasteiger partial charge in [0, 0.05) is 32.3 Å². The van der Waals surface area contributed by atoms with Gasteiger partial charge < -0.3 is 5.32 Å². The number of benzene rings is 2. The molecule has 0 aliphatic carbocycles. The molecule has 6 nitrogen and oxygen atoms in total. The van der Waals surface area contributed by atoms with Crippen LogP contribution in [0.25, 0.3) is 21.3 Å². The van der Waals surface area contributed by atoms with Crippen molar-refractivity contribution in [3.05, 3.63) is 73.9 Å². The van der Waals surface area contributed by atoms with Crippen LogP contribution in [0.4, 0.5) is 17.2 Å². The first-order chi connectivity index (χ1) is 12.6. The number of non-ortho nitro benzene ring substituents is 1. The van der Waals surface area contributed by atoms with Gasteiger partial charge in [-0.2, -0.15) is 0 Å². The number of halogens is 1. The maximum atomic E-state index is 11.1. The SMILES string of the molecule is O=[N+]([O-])c1cccc(-c2csc3ncnc(Nc4ccc(I)cc4)c23)c1. The van der Waals surface area contributed by atoms with Gasteiger partial charge >= 0.3 is 0 Å². The second-order valence-electron chi connectivity index (χ2n) is 5.49. The average Bonchev–Trinajstić information content (AvgIpc) is 3.09. The summed E-state index contributed by atoms with van der Waals surface area (Å²) in [5.74, 6) is 0.680. The summed E-state index contributed by atoms with van der Waals surface area (Å²) in [7, 11) is 0. The highest BCUT2D eigenvalue weighted by atomic mass is 127. The zero-order valence-electron chi connectivity index (χ0n) is 13.2. The van der Waals surface area contributed by atoms with Gasteiger partial charge in [-0.3, -0.25) is 10.1 Å². The fraction of sp³-hybridized carbons (Fsp3) is 0. The molecule has 0 spiro atoms. The Kier molecular flexibility index (Phi) is 4.51. The van der Waals surface area contributed by atoms with Crippen LogP contribution in [0.15, 0.2) is 60.2 Å². The van der Waals surface area contributed by atoms with Crippen LogP contribution in [-0.2, 0) is 0 Å². The zero-order valence-corrected chi connectivity index (χ0v) is 16.2. The van der Waals surface area contributed by atoms with Crippen LogP contribution in [0.1, 0.15) is 0 Å². The van der Waals surface area contributed by atoms with Crippen LogP contribution < -0.4 is 5.32 Å². The lowest BCUT2D eigenvalue weighted by Crippen LogP contribution is -1.95. The number of nitro benzene ring substituents is 1. The van der Waals surface area contributed by atoms with E-state index in [4.69, 9.17) is 0 Å². The van der Waals surface area contributed by atoms with Gasteiger partial charge in [0.15, 0.2) is 0 Å². The molecule has 128 valence electrons. The van der Waals surface area contributed by atoms with Gasteiger partial charge in [0.05, 0.1) is 10.3 Å². The monoisotopic (exact) mass is 474 g/mol. The Bertz CT molecular complexity index is 1110. The lowest BCUT2D eigenvalue weighted by Gasteiger charge is -2.08. The van der Waals surface area contributed by atoms with Crippen LogP contribution in [0, 0.1) is 13.7 Å². The maximum absolute atomic E-state index is 11.1. The third-order valence-electron chi connectivity index (χ3n) is 3.85. The second-order valence-corrected chi connectivity index (χ2v) is 7.59. The number of nitro groups is 1. The van der Waals surface area contributed by atoms with Crippen molar-refractivity contribution in [1.82, 2.24) is 9.97 Å². The third kappa shape index (κ3) is 3.25. The molecular formula is C18H11IN4O2S. The highest BCUT2D eigenvalue weighted by Gasteiger charge is 2.15. The molecule has 26 heavy (non-hydrogen) atoms. The Hall–Kier alpha value is -2.59. The van der Waals surface area contributed by atoms with E-state index in [1.165, 1.54) is 23.7 Å². The first-order valence-electron chi connectivity index (χ1n) is 7.61. The van der Waals surface area contributed by atoms with Crippen molar-refractivity contribution in [2.45, 2.75) is 0 Å². The highest BCUT2D eigenvalue weighted by molar-refractivity contribution is 14.1. The van der Waals surface area contributed by atoms with Gasteiger partial charge in [0.1, 0.15) is 17.0 Å². The summed E-state index contributed by atoms with van der Waals surface area (Å²) in [6, 6.07) is 14.6. The third-order valence-corrected chi connectivity index (χ3v) is 5.45. The van der Waals surface area contributed by atoms with E-state index < -0.39 is 0 Å². The average molecular weight is 474 g/mol. The molecule has 0 fully saturated rings. The number of hydrogen-bond acceptors (Lipinski definition) is 6. The molecule has 4 rings (SSSR count). The summed E-state index contributed by atoms with van der Waals surface area (Å²) in [4.78, 5) is 20.3. The fourth-order valence-electron chi connectivity index (χ4n) is 2.64. The van der Waals surface area contributed by atoms with Crippen molar-refractivity contribution in [2.75, 3.05) is 5.32 Å². The number of thiophene rings is 1. The van der Waals surface area contributed by atoms with Crippen LogP contribution in [0.2, 0.25) is 0 Å². The van der Waals surface area contributed by atoms with Crippen molar-refractivity contribution >= 4 is 61.3 Å². The zero-order chi connectivity index (χ0) is 18.1. The van der Waals surface area contributed by atoms with E-state index in [2.05, 4.69) is 37.9 Å². The highest BCUT2D eigenvalue weighted by Crippen LogP contribution is 2.38. The number of fused-ring (bicyclic) bond motifs is 1. The van der Waals surface area contributed by atoms with Crippen molar-refractivity contribution in [1.29, 1.82) is 0 Å². The summed E-state index contributed by atoms with van der Waals surface area (Å²) >= 11 is 3.74. The molecule has 0 amide bonds. The van der Waals surface area contributed by atoms with Gasteiger partial charge in [-0.15, -0.1) is 11.3 Å². The minimum absolute atomic E-state index is 0.0610. The molecule has 0 saturated carbocycles. The normalized spacial score (nSPS) is 10.8. The molecule has 0 aliphatic heterocycles. The van der Waals surface area contributed by atoms with E-state index >= 15 is 0 Å². The largest absolute Gasteiger partial charge is 0.340 e. The fourth-order valence-corrected chi connectivity index (χ4v) is 3.91. The Balaban J connectivity index is 1.83. The Morgan fingerprint density at radius 3 is 2.69 bits per heavy atom. The van der Waals surface area contributed by atoms with Crippen molar-refractivity contribution in [3.63, 3.8) is 0 Å². The minimum Gasteiger partial charge on any atom is -0.340 e. The first kappa shape index (κ1) is 16.9. The molecule has 8 heteroatoms. The van der Waals surface area contributed by atoms with Crippen molar-refractivity contribution in [2.24, 2.45) is 0 Å². The Morgan fingerprint density at radius 2 is 1.92 bits per heavy atom. The van der Waals surface area contributed by atoms with Gasteiger partial charge in [0.25, 0.3) is 5.69 Å². The Labute approximate surface area is 166 Å². The van der Waals surface area contributed by atoms with E-state index in [0.717, 1.165) is 30.6 Å². The molecule has 0 radical (unpaired) electrons. The van der Waals surface area contributed by atoms with Crippen LogP contribution >= 0.6 is 33.9 Å². The van der Waals surface area contributed by atoms with Crippen molar-refractivity contribution < 1.29 is 4.92 Å². The summed E-state index contributed by atoms with van der Waals surface area (Å²) < 4.78 is 1.15. The van der Waals surface area contributed by atoms with Crippen LogP contribution in [0.3, 0.4) is 0 Å². The molecule has 0 unspecified atom stereocenters. The summed E-state index contributed by atoms with van der Waals surface area (Å²) in [5, 5.41) is 17.2. The molecule has 1 N–H and O–H groups in total. The Morgan fingerprint density at radius 1 is 1.12 bits per heavy atom. The van der Waals surface area contributed by atoms with Crippen molar-refractivity contribution in [3.8, 4) is 11.1 Å².